The third kappa shape index (κ3) is 10.5. The van der Waals surface area contributed by atoms with Crippen molar-refractivity contribution >= 4 is 23.3 Å². The first-order valence-electron chi connectivity index (χ1n) is 20.4. The molecule has 0 aliphatic carbocycles. The number of pyridine rings is 1. The quantitative estimate of drug-likeness (QED) is 0.0828. The molecule has 0 fully saturated rings. The third-order valence-corrected chi connectivity index (χ3v) is 10.5. The van der Waals surface area contributed by atoms with E-state index in [2.05, 4.69) is 39.3 Å². The Hall–Kier alpha value is -7.46. The monoisotopic (exact) mass is 1020 g/mol. The molecule has 3 unspecified atom stereocenters. The number of amides is 2. The number of anilines is 1. The van der Waals surface area contributed by atoms with Gasteiger partial charge >= 0.3 is 30.3 Å². The van der Waals surface area contributed by atoms with Crippen LogP contribution in [0, 0.1) is 31.3 Å². The lowest BCUT2D eigenvalue weighted by Gasteiger charge is -2.45. The van der Waals surface area contributed by atoms with Crippen molar-refractivity contribution in [2.75, 3.05) is 18.3 Å². The number of benzene rings is 3. The number of hydrogen-bond donors (Lipinski definition) is 2. The van der Waals surface area contributed by atoms with E-state index in [1.165, 1.54) is 26.0 Å². The highest BCUT2D eigenvalue weighted by molar-refractivity contribution is 6.09. The second-order valence-corrected chi connectivity index (χ2v) is 15.7. The van der Waals surface area contributed by atoms with Gasteiger partial charge in [-0.25, -0.2) is 28.1 Å². The van der Waals surface area contributed by atoms with Crippen LogP contribution in [0.1, 0.15) is 75.0 Å². The molecule has 3 atom stereocenters. The smallest absolute Gasteiger partial charge is 0.394 e. The highest BCUT2D eigenvalue weighted by Crippen LogP contribution is 2.39. The molecule has 0 saturated carbocycles. The van der Waals surface area contributed by atoms with Crippen LogP contribution in [-0.2, 0) is 17.2 Å². The summed E-state index contributed by atoms with van der Waals surface area (Å²) in [5.74, 6) is -13.1. The maximum absolute atomic E-state index is 17.2. The molecule has 1 aliphatic heterocycles. The van der Waals surface area contributed by atoms with Crippen LogP contribution in [0.15, 0.2) is 80.8 Å². The number of carbonyl (C=O) groups is 2. The number of aliphatic hydroxyl groups excluding tert-OH is 2. The van der Waals surface area contributed by atoms with Gasteiger partial charge in [0.25, 0.3) is 18.0 Å². The van der Waals surface area contributed by atoms with Gasteiger partial charge in [0.2, 0.25) is 11.6 Å². The summed E-state index contributed by atoms with van der Waals surface area (Å²) in [6, 6.07) is 6.23. The van der Waals surface area contributed by atoms with Crippen molar-refractivity contribution in [1.82, 2.24) is 35.1 Å². The van der Waals surface area contributed by atoms with Crippen LogP contribution in [-0.4, -0.2) is 101 Å². The minimum atomic E-state index is -5.10. The second-order valence-electron chi connectivity index (χ2n) is 15.7. The van der Waals surface area contributed by atoms with Crippen molar-refractivity contribution in [2.45, 2.75) is 70.7 Å². The predicted molar refractivity (Wildman–Crippen MR) is 218 cm³/mol. The molecule has 0 spiro atoms. The molecule has 3 aromatic carbocycles. The van der Waals surface area contributed by atoms with Crippen molar-refractivity contribution in [3.05, 3.63) is 130 Å². The number of aryl methyl sites for hydroxylation is 2. The first-order chi connectivity index (χ1) is 33.2. The van der Waals surface area contributed by atoms with Gasteiger partial charge in [0, 0.05) is 33.6 Å². The molecular weight excluding hydrogens is 983 g/mol. The minimum Gasteiger partial charge on any atom is -0.394 e. The Balaban J connectivity index is 1.39. The zero-order valence-corrected chi connectivity index (χ0v) is 36.6. The summed E-state index contributed by atoms with van der Waals surface area (Å²) in [6.45, 7) is 3.20. The van der Waals surface area contributed by atoms with E-state index >= 15 is 13.2 Å². The van der Waals surface area contributed by atoms with Gasteiger partial charge in [-0.2, -0.15) is 49.5 Å². The van der Waals surface area contributed by atoms with Crippen LogP contribution in [0.2, 0.25) is 0 Å². The fraction of sp³-hybridized carbons (Fsp3) is 0.302. The van der Waals surface area contributed by atoms with Crippen LogP contribution in [0.25, 0.3) is 22.8 Å². The summed E-state index contributed by atoms with van der Waals surface area (Å²) in [5, 5.41) is 28.2. The number of nitrogens with zero attached hydrogens (tertiary/aromatic N) is 9. The first-order valence-corrected chi connectivity index (χ1v) is 20.4. The summed E-state index contributed by atoms with van der Waals surface area (Å²) >= 11 is 0. The van der Waals surface area contributed by atoms with E-state index in [9.17, 15) is 59.3 Å². The van der Waals surface area contributed by atoms with Gasteiger partial charge in [-0.3, -0.25) is 14.6 Å². The van der Waals surface area contributed by atoms with E-state index in [0.29, 0.717) is 44.4 Å². The number of alkyl halides is 9. The van der Waals surface area contributed by atoms with Crippen LogP contribution in [0.3, 0.4) is 0 Å². The van der Waals surface area contributed by atoms with Crippen molar-refractivity contribution in [3.63, 3.8) is 0 Å². The van der Waals surface area contributed by atoms with E-state index in [-0.39, 0.29) is 5.69 Å². The number of hydroxylamine groups is 1. The van der Waals surface area contributed by atoms with E-state index < -0.39 is 148 Å². The van der Waals surface area contributed by atoms with Crippen molar-refractivity contribution in [2.24, 2.45) is 4.99 Å². The lowest BCUT2D eigenvalue weighted by Crippen LogP contribution is -2.55. The molecule has 3 aromatic heterocycles. The molecule has 28 heteroatoms. The lowest BCUT2D eigenvalue weighted by atomic mass is 9.99. The average Bonchev–Trinajstić information content (AvgIpc) is 4.09. The molecule has 71 heavy (non-hydrogen) atoms. The Labute approximate surface area is 390 Å². The Bertz CT molecular complexity index is 2870. The maximum atomic E-state index is 17.2. The molecule has 2 N–H and O–H groups in total. The van der Waals surface area contributed by atoms with E-state index in [4.69, 9.17) is 4.84 Å². The standard InChI is InChI=1S/C43H33F12N9O7/c1-18-11-25(12-19(2)56-18)64-34(59-40(71-64)43(53,54)55)24-7-8-26(29(44)15-24)35(62(20(3)16-65)36(67)27-9-5-22(13-30(27)45)32-57-38(69-60-32)41(47,48)49)63(21(4)17-66)37(68)28-10-6-23(14-31(28)46)33-58-39(70-61-33)42(50,51)52/h5-15,20-21,35,40,65-66H,16-17H2,1-4H3. The van der Waals surface area contributed by atoms with Crippen LogP contribution in [0.5, 0.6) is 0 Å². The topological polar surface area (TPSA) is 197 Å². The van der Waals surface area contributed by atoms with Crippen molar-refractivity contribution in [1.29, 1.82) is 0 Å². The van der Waals surface area contributed by atoms with Gasteiger partial charge in [0.15, 0.2) is 5.84 Å². The minimum absolute atomic E-state index is 0.0220. The number of hydrogen-bond acceptors (Lipinski definition) is 14. The Morgan fingerprint density at radius 2 is 1.08 bits per heavy atom. The van der Waals surface area contributed by atoms with Gasteiger partial charge in [-0.1, -0.05) is 34.6 Å². The van der Waals surface area contributed by atoms with Crippen molar-refractivity contribution in [3.8, 4) is 22.8 Å². The molecule has 0 saturated heterocycles. The normalized spacial score (nSPS) is 15.7. The molecule has 7 rings (SSSR count). The van der Waals surface area contributed by atoms with E-state index in [0.717, 1.165) is 50.2 Å². The number of rotatable bonds is 13. The van der Waals surface area contributed by atoms with Gasteiger partial charge in [-0.05, 0) is 70.2 Å². The molecule has 6 aromatic rings. The summed E-state index contributed by atoms with van der Waals surface area (Å²) < 4.78 is 180. The predicted octanol–water partition coefficient (Wildman–Crippen LogP) is 8.39. The summed E-state index contributed by atoms with van der Waals surface area (Å²) in [6.07, 6.45) is -20.4. The fourth-order valence-corrected chi connectivity index (χ4v) is 7.21. The van der Waals surface area contributed by atoms with Gasteiger partial charge in [-0.15, -0.1) is 0 Å². The number of amidine groups is 1. The zero-order chi connectivity index (χ0) is 52.1. The number of aliphatic imine (C=N–C) groups is 1. The Morgan fingerprint density at radius 3 is 1.46 bits per heavy atom. The number of aromatic nitrogens is 5. The average molecular weight is 1020 g/mol. The molecule has 16 nitrogen and oxygen atoms in total. The molecule has 376 valence electrons. The lowest BCUT2D eigenvalue weighted by molar-refractivity contribution is -0.211. The van der Waals surface area contributed by atoms with Crippen LogP contribution < -0.4 is 5.06 Å². The van der Waals surface area contributed by atoms with Gasteiger partial charge < -0.3 is 29.1 Å². The molecule has 0 bridgehead atoms. The molecule has 0 radical (unpaired) electrons. The van der Waals surface area contributed by atoms with E-state index in [1.54, 1.807) is 0 Å². The van der Waals surface area contributed by atoms with Crippen LogP contribution >= 0.6 is 0 Å². The molecular formula is C43H33F12N9O7. The SMILES string of the molecule is Cc1cc(N2OC(C(F)(F)F)N=C2c2ccc(C(N(C(=O)c3ccc(-c4noc(C(F)(F)F)n4)cc3F)C(C)CO)N(C(=O)c3ccc(-c4noc(C(F)(F)F)n4)cc3F)C(C)CO)c(F)c2)cc(C)n1. The number of carbonyl (C=O) groups excluding carboxylic acids is 2. The molecule has 4 heterocycles. The Kier molecular flexibility index (Phi) is 14.0. The Morgan fingerprint density at radius 1 is 0.648 bits per heavy atom. The zero-order valence-electron chi connectivity index (χ0n) is 36.6. The van der Waals surface area contributed by atoms with Crippen LogP contribution in [0.4, 0.5) is 58.4 Å². The highest BCUT2D eigenvalue weighted by Gasteiger charge is 2.48. The van der Waals surface area contributed by atoms with E-state index in [1.807, 2.05) is 0 Å². The summed E-state index contributed by atoms with van der Waals surface area (Å²) in [5.41, 5.74) is -3.30. The molecule has 1 aliphatic rings. The van der Waals surface area contributed by atoms with Gasteiger partial charge in [0.05, 0.1) is 42.1 Å². The second kappa shape index (κ2) is 19.4. The van der Waals surface area contributed by atoms with Crippen molar-refractivity contribution < 1.29 is 86.4 Å². The number of aliphatic hydroxyl groups is 2. The number of halogens is 12. The molecule has 2 amide bonds. The first kappa shape index (κ1) is 51.4. The largest absolute Gasteiger partial charge is 0.471 e. The maximum Gasteiger partial charge on any atom is 0.471 e. The van der Waals surface area contributed by atoms with Gasteiger partial charge in [0.1, 0.15) is 23.6 Å². The third-order valence-electron chi connectivity index (χ3n) is 10.5. The summed E-state index contributed by atoms with van der Waals surface area (Å²) in [7, 11) is 0. The summed E-state index contributed by atoms with van der Waals surface area (Å²) in [4.78, 5) is 49.9. The highest BCUT2D eigenvalue weighted by atomic mass is 19.4. The fourth-order valence-electron chi connectivity index (χ4n) is 7.21.